The highest BCUT2D eigenvalue weighted by molar-refractivity contribution is 6.96. The van der Waals surface area contributed by atoms with Gasteiger partial charge in [-0.15, -0.1) is 0 Å². The Hall–Kier alpha value is -3.42. The zero-order chi connectivity index (χ0) is 32.3. The lowest BCUT2D eigenvalue weighted by atomic mass is 9.85. The van der Waals surface area contributed by atoms with Crippen LogP contribution in [0.25, 0.3) is 33.5 Å². The zero-order valence-electron chi connectivity index (χ0n) is 29.4. The largest absolute Gasteiger partial charge is 0.0931 e. The second kappa shape index (κ2) is 11.4. The fourth-order valence-corrected chi connectivity index (χ4v) is 12.8. The Morgan fingerprint density at radius 1 is 0.644 bits per heavy atom. The lowest BCUT2D eigenvalue weighted by Crippen LogP contribution is -2.38. The van der Waals surface area contributed by atoms with Crippen molar-refractivity contribution in [3.05, 3.63) is 129 Å². The first kappa shape index (κ1) is 31.6. The van der Waals surface area contributed by atoms with Crippen molar-refractivity contribution in [2.45, 2.75) is 104 Å². The minimum absolute atomic E-state index is 0.148. The predicted molar refractivity (Wildman–Crippen MR) is 201 cm³/mol. The first-order chi connectivity index (χ1) is 21.3. The Morgan fingerprint density at radius 3 is 1.71 bits per heavy atom. The summed E-state index contributed by atoms with van der Waals surface area (Å²) in [6, 6.07) is 32.9. The summed E-state index contributed by atoms with van der Waals surface area (Å²) in [5, 5.41) is 1.71. The normalized spacial score (nSPS) is 16.6. The summed E-state index contributed by atoms with van der Waals surface area (Å²) in [4.78, 5) is 0. The minimum atomic E-state index is -2.11. The van der Waals surface area contributed by atoms with Crippen molar-refractivity contribution in [2.24, 2.45) is 0 Å². The van der Waals surface area contributed by atoms with E-state index in [2.05, 4.69) is 159 Å². The van der Waals surface area contributed by atoms with Crippen molar-refractivity contribution in [2.75, 3.05) is 0 Å². The standard InChI is InChI=1S/C44H52Si/c1-11-29-27-33-15-13-17-37(31-19-23-35(24-20-31)43(3,4)5)39(33)41(29)45(9,10)42-30(12-2)28-34-16-14-18-38(40(34)42)32-21-25-36(26-22-32)44(6,7)8/h13-27,41H,11-12,28H2,1-10H3. The van der Waals surface area contributed by atoms with Gasteiger partial charge in [0, 0.05) is 5.54 Å². The summed E-state index contributed by atoms with van der Waals surface area (Å²) in [6.07, 6.45) is 5.84. The Morgan fingerprint density at radius 2 is 1.18 bits per heavy atom. The van der Waals surface area contributed by atoms with Gasteiger partial charge in [0.1, 0.15) is 0 Å². The molecule has 0 fully saturated rings. The Bertz CT molecular complexity index is 1800. The maximum atomic E-state index is 2.68. The molecule has 1 heteroatoms. The van der Waals surface area contributed by atoms with Crippen LogP contribution in [0.15, 0.2) is 96.1 Å². The van der Waals surface area contributed by atoms with Gasteiger partial charge in [0.25, 0.3) is 0 Å². The Kier molecular flexibility index (Phi) is 8.01. The molecular formula is C44H52Si. The molecule has 0 saturated heterocycles. The second-order valence-corrected chi connectivity index (χ2v) is 20.6. The molecule has 0 saturated carbocycles. The molecule has 0 N–H and O–H groups in total. The lowest BCUT2D eigenvalue weighted by Gasteiger charge is -2.37. The molecule has 45 heavy (non-hydrogen) atoms. The van der Waals surface area contributed by atoms with Crippen molar-refractivity contribution in [1.29, 1.82) is 0 Å². The molecule has 0 nitrogen and oxygen atoms in total. The van der Waals surface area contributed by atoms with Crippen LogP contribution in [0, 0.1) is 0 Å². The molecular weight excluding hydrogens is 557 g/mol. The maximum Gasteiger partial charge on any atom is 0.0931 e. The average Bonchev–Trinajstić information content (AvgIpc) is 3.60. The number of rotatable bonds is 6. The molecule has 0 radical (unpaired) electrons. The van der Waals surface area contributed by atoms with Crippen molar-refractivity contribution in [3.8, 4) is 22.3 Å². The van der Waals surface area contributed by atoms with Gasteiger partial charge in [-0.3, -0.25) is 0 Å². The van der Waals surface area contributed by atoms with E-state index in [4.69, 9.17) is 0 Å². The number of hydrogen-bond acceptors (Lipinski definition) is 0. The Labute approximate surface area is 274 Å². The van der Waals surface area contributed by atoms with E-state index >= 15 is 0 Å². The molecule has 4 aromatic carbocycles. The van der Waals surface area contributed by atoms with Crippen LogP contribution in [-0.2, 0) is 17.3 Å². The van der Waals surface area contributed by atoms with Gasteiger partial charge in [0.05, 0.1) is 8.07 Å². The lowest BCUT2D eigenvalue weighted by molar-refractivity contribution is 0.590. The number of allylic oxidation sites excluding steroid dienone is 2. The first-order valence-corrected chi connectivity index (χ1v) is 20.2. The van der Waals surface area contributed by atoms with Gasteiger partial charge in [-0.1, -0.05) is 176 Å². The second-order valence-electron chi connectivity index (χ2n) is 16.0. The van der Waals surface area contributed by atoms with Crippen molar-refractivity contribution >= 4 is 19.3 Å². The highest BCUT2D eigenvalue weighted by Gasteiger charge is 2.46. The van der Waals surface area contributed by atoms with Crippen LogP contribution in [0.4, 0.5) is 0 Å². The van der Waals surface area contributed by atoms with Gasteiger partial charge in [-0.25, -0.2) is 0 Å². The summed E-state index contributed by atoms with van der Waals surface area (Å²) < 4.78 is 0. The van der Waals surface area contributed by atoms with Gasteiger partial charge in [0.15, 0.2) is 0 Å². The SMILES string of the molecule is CCC1=Cc2cccc(-c3ccc(C(C)(C)C)cc3)c2C1[Si](C)(C)C1=C(CC)Cc2cccc(-c3ccc(C(C)(C)C)cc3)c21. The molecule has 0 amide bonds. The number of fused-ring (bicyclic) bond motifs is 2. The molecule has 0 spiro atoms. The molecule has 1 unspecified atom stereocenters. The highest BCUT2D eigenvalue weighted by Crippen LogP contribution is 2.55. The summed E-state index contributed by atoms with van der Waals surface area (Å²) in [7, 11) is -2.11. The van der Waals surface area contributed by atoms with Crippen LogP contribution in [0.3, 0.4) is 0 Å². The third-order valence-corrected chi connectivity index (χ3v) is 14.6. The molecule has 2 aliphatic rings. The molecule has 0 aliphatic heterocycles. The molecule has 0 bridgehead atoms. The average molecular weight is 609 g/mol. The van der Waals surface area contributed by atoms with Crippen molar-refractivity contribution in [1.82, 2.24) is 0 Å². The molecule has 1 atom stereocenters. The fourth-order valence-electron chi connectivity index (χ4n) is 8.18. The maximum absolute atomic E-state index is 2.68. The summed E-state index contributed by atoms with van der Waals surface area (Å²) in [5.41, 5.74) is 18.4. The van der Waals surface area contributed by atoms with E-state index in [0.717, 1.165) is 19.3 Å². The monoisotopic (exact) mass is 608 g/mol. The van der Waals surface area contributed by atoms with E-state index in [9.17, 15) is 0 Å². The summed E-state index contributed by atoms with van der Waals surface area (Å²) in [6.45, 7) is 23.9. The van der Waals surface area contributed by atoms with Crippen LogP contribution in [0.2, 0.25) is 13.1 Å². The van der Waals surface area contributed by atoms with E-state index in [1.807, 2.05) is 0 Å². The van der Waals surface area contributed by atoms with E-state index < -0.39 is 8.07 Å². The summed E-state index contributed by atoms with van der Waals surface area (Å²) in [5.74, 6) is 0. The molecule has 2 aliphatic carbocycles. The smallest absolute Gasteiger partial charge is 0.0662 e. The van der Waals surface area contributed by atoms with Crippen molar-refractivity contribution < 1.29 is 0 Å². The molecule has 6 rings (SSSR count). The van der Waals surface area contributed by atoms with Crippen LogP contribution >= 0.6 is 0 Å². The fraction of sp³-hybridized carbons (Fsp3) is 0.364. The molecule has 0 aromatic heterocycles. The van der Waals surface area contributed by atoms with Gasteiger partial charge in [0.2, 0.25) is 0 Å². The number of hydrogen-bond donors (Lipinski definition) is 0. The quantitative estimate of drug-likeness (QED) is 0.191. The Balaban J connectivity index is 1.51. The van der Waals surface area contributed by atoms with Crippen LogP contribution in [0.5, 0.6) is 0 Å². The van der Waals surface area contributed by atoms with Crippen LogP contribution in [0.1, 0.15) is 107 Å². The van der Waals surface area contributed by atoms with Gasteiger partial charge in [-0.2, -0.15) is 0 Å². The number of benzene rings is 4. The highest BCUT2D eigenvalue weighted by atomic mass is 28.3. The summed E-state index contributed by atoms with van der Waals surface area (Å²) >= 11 is 0. The first-order valence-electron chi connectivity index (χ1n) is 17.2. The van der Waals surface area contributed by atoms with Crippen LogP contribution in [-0.4, -0.2) is 8.07 Å². The van der Waals surface area contributed by atoms with Gasteiger partial charge < -0.3 is 0 Å². The van der Waals surface area contributed by atoms with Gasteiger partial charge in [-0.05, 0) is 85.7 Å². The predicted octanol–water partition coefficient (Wildman–Crippen LogP) is 12.7. The topological polar surface area (TPSA) is 0 Å². The van der Waals surface area contributed by atoms with E-state index in [1.165, 1.54) is 44.5 Å². The van der Waals surface area contributed by atoms with Crippen LogP contribution < -0.4 is 0 Å². The third kappa shape index (κ3) is 5.52. The van der Waals surface area contributed by atoms with E-state index in [1.54, 1.807) is 27.5 Å². The minimum Gasteiger partial charge on any atom is -0.0662 e. The zero-order valence-corrected chi connectivity index (χ0v) is 30.4. The van der Waals surface area contributed by atoms with Crippen molar-refractivity contribution in [3.63, 3.8) is 0 Å². The third-order valence-electron chi connectivity index (χ3n) is 10.6. The molecule has 4 aromatic rings. The van der Waals surface area contributed by atoms with E-state index in [0.29, 0.717) is 5.54 Å². The molecule has 0 heterocycles. The molecule has 232 valence electrons. The van der Waals surface area contributed by atoms with E-state index in [-0.39, 0.29) is 10.8 Å². The van der Waals surface area contributed by atoms with Gasteiger partial charge >= 0.3 is 0 Å².